The molecule has 2 amide bonds. The van der Waals surface area contributed by atoms with Crippen LogP contribution in [0.5, 0.6) is 0 Å². The standard InChI is InChI=1S/C17H13F3N2O4/c1-26-17(25)9-3-2-4-10(7-9)22-13(23)8-21-16(24)11-5-6-12(18)15(20)14(11)19/h2-7H,8H2,1H3,(H,21,24)(H,22,23). The van der Waals surface area contributed by atoms with Crippen LogP contribution in [0.4, 0.5) is 18.9 Å². The maximum absolute atomic E-state index is 13.5. The van der Waals surface area contributed by atoms with E-state index in [1.54, 1.807) is 0 Å². The van der Waals surface area contributed by atoms with Crippen molar-refractivity contribution >= 4 is 23.5 Å². The maximum Gasteiger partial charge on any atom is 0.337 e. The normalized spacial score (nSPS) is 10.2. The quantitative estimate of drug-likeness (QED) is 0.628. The Labute approximate surface area is 146 Å². The first-order valence-corrected chi connectivity index (χ1v) is 7.23. The second-order valence-electron chi connectivity index (χ2n) is 5.03. The van der Waals surface area contributed by atoms with Gasteiger partial charge in [-0.15, -0.1) is 0 Å². The van der Waals surface area contributed by atoms with Gasteiger partial charge in [0.05, 0.1) is 24.8 Å². The van der Waals surface area contributed by atoms with E-state index in [-0.39, 0.29) is 11.3 Å². The Bertz CT molecular complexity index is 871. The fraction of sp³-hybridized carbons (Fsp3) is 0.118. The van der Waals surface area contributed by atoms with Crippen molar-refractivity contribution in [2.45, 2.75) is 0 Å². The number of rotatable bonds is 5. The molecular weight excluding hydrogens is 353 g/mol. The van der Waals surface area contributed by atoms with Crippen LogP contribution in [-0.2, 0) is 9.53 Å². The number of esters is 1. The highest BCUT2D eigenvalue weighted by molar-refractivity contribution is 6.00. The predicted octanol–water partition coefficient (Wildman–Crippen LogP) is 2.26. The minimum absolute atomic E-state index is 0.207. The van der Waals surface area contributed by atoms with E-state index >= 15 is 0 Å². The topological polar surface area (TPSA) is 84.5 Å². The summed E-state index contributed by atoms with van der Waals surface area (Å²) in [7, 11) is 1.21. The van der Waals surface area contributed by atoms with Gasteiger partial charge >= 0.3 is 5.97 Å². The van der Waals surface area contributed by atoms with E-state index in [1.165, 1.54) is 31.4 Å². The van der Waals surface area contributed by atoms with Gasteiger partial charge in [-0.05, 0) is 30.3 Å². The molecule has 0 aliphatic carbocycles. The van der Waals surface area contributed by atoms with E-state index < -0.39 is 47.3 Å². The lowest BCUT2D eigenvalue weighted by Crippen LogP contribution is -2.33. The molecule has 2 aromatic carbocycles. The fourth-order valence-corrected chi connectivity index (χ4v) is 2.00. The summed E-state index contributed by atoms with van der Waals surface area (Å²) in [4.78, 5) is 35.0. The molecular formula is C17H13F3N2O4. The minimum atomic E-state index is -1.78. The van der Waals surface area contributed by atoms with Crippen LogP contribution in [0, 0.1) is 17.5 Å². The molecule has 9 heteroatoms. The smallest absolute Gasteiger partial charge is 0.337 e. The van der Waals surface area contributed by atoms with Crippen LogP contribution >= 0.6 is 0 Å². The highest BCUT2D eigenvalue weighted by Gasteiger charge is 2.19. The zero-order chi connectivity index (χ0) is 19.3. The molecule has 2 N–H and O–H groups in total. The summed E-state index contributed by atoms with van der Waals surface area (Å²) in [5.41, 5.74) is -0.256. The second kappa shape index (κ2) is 8.15. The first kappa shape index (κ1) is 19.0. The summed E-state index contributed by atoms with van der Waals surface area (Å²) in [5.74, 6) is -7.20. The second-order valence-corrected chi connectivity index (χ2v) is 5.03. The Kier molecular flexibility index (Phi) is 5.94. The molecule has 0 aromatic heterocycles. The summed E-state index contributed by atoms with van der Waals surface area (Å²) in [6.07, 6.45) is 0. The number of nitrogens with one attached hydrogen (secondary N) is 2. The lowest BCUT2D eigenvalue weighted by atomic mass is 10.2. The number of halogens is 3. The van der Waals surface area contributed by atoms with E-state index in [1.807, 2.05) is 0 Å². The third-order valence-electron chi connectivity index (χ3n) is 3.26. The lowest BCUT2D eigenvalue weighted by molar-refractivity contribution is -0.115. The Balaban J connectivity index is 1.98. The molecule has 136 valence electrons. The monoisotopic (exact) mass is 366 g/mol. The minimum Gasteiger partial charge on any atom is -0.465 e. The summed E-state index contributed by atoms with van der Waals surface area (Å²) < 4.78 is 44.0. The Morgan fingerprint density at radius 3 is 2.46 bits per heavy atom. The van der Waals surface area contributed by atoms with E-state index in [4.69, 9.17) is 0 Å². The lowest BCUT2D eigenvalue weighted by Gasteiger charge is -2.09. The first-order chi connectivity index (χ1) is 12.3. The van der Waals surface area contributed by atoms with Gasteiger partial charge in [0.1, 0.15) is 0 Å². The number of carbonyl (C=O) groups is 3. The average Bonchev–Trinajstić information content (AvgIpc) is 2.64. The van der Waals surface area contributed by atoms with Gasteiger partial charge in [0.2, 0.25) is 5.91 Å². The van der Waals surface area contributed by atoms with Crippen LogP contribution in [0.15, 0.2) is 36.4 Å². The highest BCUT2D eigenvalue weighted by Crippen LogP contribution is 2.15. The van der Waals surface area contributed by atoms with Gasteiger partial charge in [-0.25, -0.2) is 18.0 Å². The molecule has 6 nitrogen and oxygen atoms in total. The van der Waals surface area contributed by atoms with E-state index in [0.29, 0.717) is 6.07 Å². The van der Waals surface area contributed by atoms with Crippen molar-refractivity contribution in [3.05, 3.63) is 65.0 Å². The van der Waals surface area contributed by atoms with Crippen molar-refractivity contribution in [3.8, 4) is 0 Å². The van der Waals surface area contributed by atoms with Crippen LogP contribution in [0.25, 0.3) is 0 Å². The SMILES string of the molecule is COC(=O)c1cccc(NC(=O)CNC(=O)c2ccc(F)c(F)c2F)c1. The summed E-state index contributed by atoms with van der Waals surface area (Å²) in [6.45, 7) is -0.556. The fourth-order valence-electron chi connectivity index (χ4n) is 2.00. The zero-order valence-electron chi connectivity index (χ0n) is 13.4. The predicted molar refractivity (Wildman–Crippen MR) is 85.1 cm³/mol. The molecule has 0 saturated carbocycles. The molecule has 0 saturated heterocycles. The molecule has 0 heterocycles. The van der Waals surface area contributed by atoms with Crippen molar-refractivity contribution < 1.29 is 32.3 Å². The van der Waals surface area contributed by atoms with Gasteiger partial charge in [0.25, 0.3) is 5.91 Å². The van der Waals surface area contributed by atoms with Gasteiger partial charge < -0.3 is 15.4 Å². The van der Waals surface area contributed by atoms with Crippen LogP contribution < -0.4 is 10.6 Å². The molecule has 0 fully saturated rings. The van der Waals surface area contributed by atoms with Crippen molar-refractivity contribution in [1.29, 1.82) is 0 Å². The number of amides is 2. The highest BCUT2D eigenvalue weighted by atomic mass is 19.2. The Morgan fingerprint density at radius 1 is 1.04 bits per heavy atom. The number of ether oxygens (including phenoxy) is 1. The number of carbonyl (C=O) groups excluding carboxylic acids is 3. The average molecular weight is 366 g/mol. The summed E-state index contributed by atoms with van der Waals surface area (Å²) in [6, 6.07) is 7.22. The van der Waals surface area contributed by atoms with Crippen molar-refractivity contribution in [1.82, 2.24) is 5.32 Å². The largest absolute Gasteiger partial charge is 0.465 e. The molecule has 0 aliphatic heterocycles. The third kappa shape index (κ3) is 4.38. The number of hydrogen-bond acceptors (Lipinski definition) is 4. The van der Waals surface area contributed by atoms with Crippen LogP contribution in [0.1, 0.15) is 20.7 Å². The number of benzene rings is 2. The molecule has 2 rings (SSSR count). The number of anilines is 1. The van der Waals surface area contributed by atoms with E-state index in [2.05, 4.69) is 15.4 Å². The van der Waals surface area contributed by atoms with Crippen LogP contribution in [-0.4, -0.2) is 31.4 Å². The van der Waals surface area contributed by atoms with Gasteiger partial charge in [-0.2, -0.15) is 0 Å². The third-order valence-corrected chi connectivity index (χ3v) is 3.26. The maximum atomic E-state index is 13.5. The van der Waals surface area contributed by atoms with Gasteiger partial charge in [0, 0.05) is 5.69 Å². The number of methoxy groups -OCH3 is 1. The van der Waals surface area contributed by atoms with E-state index in [0.717, 1.165) is 6.07 Å². The molecule has 0 atom stereocenters. The van der Waals surface area contributed by atoms with Crippen LogP contribution in [0.2, 0.25) is 0 Å². The summed E-state index contributed by atoms with van der Waals surface area (Å²) in [5, 5.41) is 4.50. The Morgan fingerprint density at radius 2 is 1.77 bits per heavy atom. The first-order valence-electron chi connectivity index (χ1n) is 7.23. The van der Waals surface area contributed by atoms with Gasteiger partial charge in [0.15, 0.2) is 17.5 Å². The van der Waals surface area contributed by atoms with Gasteiger partial charge in [-0.3, -0.25) is 9.59 Å². The Hall–Kier alpha value is -3.36. The van der Waals surface area contributed by atoms with Crippen molar-refractivity contribution in [3.63, 3.8) is 0 Å². The molecule has 0 unspecified atom stereocenters. The number of hydrogen-bond donors (Lipinski definition) is 2. The van der Waals surface area contributed by atoms with Crippen LogP contribution in [0.3, 0.4) is 0 Å². The van der Waals surface area contributed by atoms with Crippen molar-refractivity contribution in [2.24, 2.45) is 0 Å². The van der Waals surface area contributed by atoms with Crippen molar-refractivity contribution in [2.75, 3.05) is 19.0 Å². The molecule has 0 spiro atoms. The summed E-state index contributed by atoms with van der Waals surface area (Å²) >= 11 is 0. The zero-order valence-corrected chi connectivity index (χ0v) is 13.4. The molecule has 0 radical (unpaired) electrons. The molecule has 0 aliphatic rings. The molecule has 2 aromatic rings. The molecule has 0 bridgehead atoms. The molecule has 26 heavy (non-hydrogen) atoms. The van der Waals surface area contributed by atoms with E-state index in [9.17, 15) is 27.6 Å². The van der Waals surface area contributed by atoms with Gasteiger partial charge in [-0.1, -0.05) is 6.07 Å².